The fourth-order valence-corrected chi connectivity index (χ4v) is 4.72. The highest BCUT2D eigenvalue weighted by molar-refractivity contribution is 7.92. The Labute approximate surface area is 123 Å². The van der Waals surface area contributed by atoms with Gasteiger partial charge in [0, 0.05) is 13.2 Å². The van der Waals surface area contributed by atoms with Gasteiger partial charge >= 0.3 is 0 Å². The van der Waals surface area contributed by atoms with E-state index in [2.05, 4.69) is 16.6 Å². The van der Waals surface area contributed by atoms with Gasteiger partial charge in [-0.25, -0.2) is 8.42 Å². The van der Waals surface area contributed by atoms with Gasteiger partial charge in [-0.1, -0.05) is 13.3 Å². The minimum absolute atomic E-state index is 0.108. The molecule has 0 unspecified atom stereocenters. The highest BCUT2D eigenvalue weighted by atomic mass is 32.2. The number of nitrogens with zero attached hydrogens (tertiary/aromatic N) is 1. The number of anilines is 2. The zero-order valence-electron chi connectivity index (χ0n) is 11.6. The summed E-state index contributed by atoms with van der Waals surface area (Å²) in [7, 11) is -3.32. The van der Waals surface area contributed by atoms with Gasteiger partial charge < -0.3 is 15.8 Å². The maximum Gasteiger partial charge on any atom is 0.187 e. The Balaban J connectivity index is 1.92. The van der Waals surface area contributed by atoms with Crippen molar-refractivity contribution in [3.05, 3.63) is 0 Å². The van der Waals surface area contributed by atoms with E-state index in [0.29, 0.717) is 18.2 Å². The van der Waals surface area contributed by atoms with Crippen LogP contribution in [0.15, 0.2) is 4.90 Å². The van der Waals surface area contributed by atoms with Crippen LogP contribution in [-0.2, 0) is 14.6 Å². The number of rotatable bonds is 9. The lowest BCUT2D eigenvalue weighted by atomic mass is 10.4. The molecule has 1 aliphatic carbocycles. The summed E-state index contributed by atoms with van der Waals surface area (Å²) in [6.07, 6.45) is 3.58. The van der Waals surface area contributed by atoms with E-state index < -0.39 is 9.84 Å². The van der Waals surface area contributed by atoms with Crippen LogP contribution in [0.2, 0.25) is 0 Å². The lowest BCUT2D eigenvalue weighted by Crippen LogP contribution is -2.14. The number of hydrogen-bond acceptors (Lipinski definition) is 7. The summed E-state index contributed by atoms with van der Waals surface area (Å²) in [5.74, 6) is 0.108. The van der Waals surface area contributed by atoms with E-state index in [1.807, 2.05) is 0 Å². The van der Waals surface area contributed by atoms with Gasteiger partial charge in [-0.3, -0.25) is 0 Å². The molecule has 0 saturated heterocycles. The van der Waals surface area contributed by atoms with E-state index in [1.54, 1.807) is 0 Å². The normalized spacial score (nSPS) is 15.4. The molecule has 114 valence electrons. The van der Waals surface area contributed by atoms with Crippen molar-refractivity contribution in [2.45, 2.75) is 42.8 Å². The van der Waals surface area contributed by atoms with Crippen LogP contribution in [-0.4, -0.2) is 37.8 Å². The highest BCUT2D eigenvalue weighted by Gasteiger charge is 2.40. The molecule has 0 amide bonds. The molecule has 1 aromatic rings. The minimum atomic E-state index is -3.32. The van der Waals surface area contributed by atoms with Crippen molar-refractivity contribution in [1.82, 2.24) is 4.37 Å². The molecule has 20 heavy (non-hydrogen) atoms. The maximum absolute atomic E-state index is 12.3. The van der Waals surface area contributed by atoms with E-state index >= 15 is 0 Å². The number of nitrogens with one attached hydrogen (secondary N) is 1. The van der Waals surface area contributed by atoms with Crippen molar-refractivity contribution in [3.63, 3.8) is 0 Å². The third-order valence-electron chi connectivity index (χ3n) is 3.10. The smallest absolute Gasteiger partial charge is 0.187 e. The maximum atomic E-state index is 12.3. The van der Waals surface area contributed by atoms with E-state index in [9.17, 15) is 8.42 Å². The molecule has 1 heterocycles. The standard InChI is InChI=1S/C12H21N3O3S2/c1-2-3-7-18-8-6-14-12-10(11(13)15-19-12)20(16,17)9-4-5-9/h9,14H,2-8H2,1H3,(H2,13,15). The molecule has 0 radical (unpaired) electrons. The number of nitrogens with two attached hydrogens (primary N) is 1. The van der Waals surface area contributed by atoms with Gasteiger partial charge in [0.1, 0.15) is 9.90 Å². The van der Waals surface area contributed by atoms with Gasteiger partial charge in [0.25, 0.3) is 0 Å². The van der Waals surface area contributed by atoms with Crippen molar-refractivity contribution >= 4 is 32.2 Å². The van der Waals surface area contributed by atoms with E-state index in [4.69, 9.17) is 10.5 Å². The molecular formula is C12H21N3O3S2. The van der Waals surface area contributed by atoms with Crippen LogP contribution in [0.1, 0.15) is 32.6 Å². The molecular weight excluding hydrogens is 298 g/mol. The Hall–Kier alpha value is -0.860. The fourth-order valence-electron chi connectivity index (χ4n) is 1.81. The quantitative estimate of drug-likeness (QED) is 0.675. The monoisotopic (exact) mass is 319 g/mol. The molecule has 0 aliphatic heterocycles. The zero-order valence-corrected chi connectivity index (χ0v) is 13.2. The molecule has 1 fully saturated rings. The summed E-state index contributed by atoms with van der Waals surface area (Å²) < 4.78 is 34.0. The van der Waals surface area contributed by atoms with E-state index in [0.717, 1.165) is 43.8 Å². The molecule has 2 rings (SSSR count). The van der Waals surface area contributed by atoms with Crippen molar-refractivity contribution in [2.75, 3.05) is 30.8 Å². The average Bonchev–Trinajstić information content (AvgIpc) is 3.19. The molecule has 0 bridgehead atoms. The van der Waals surface area contributed by atoms with E-state index in [1.165, 1.54) is 0 Å². The minimum Gasteiger partial charge on any atom is -0.382 e. The lowest BCUT2D eigenvalue weighted by molar-refractivity contribution is 0.141. The predicted molar refractivity (Wildman–Crippen MR) is 81.0 cm³/mol. The second-order valence-corrected chi connectivity index (χ2v) is 7.80. The van der Waals surface area contributed by atoms with Crippen LogP contribution in [0.3, 0.4) is 0 Å². The Bertz CT molecular complexity index is 538. The molecule has 3 N–H and O–H groups in total. The fraction of sp³-hybridized carbons (Fsp3) is 0.750. The van der Waals surface area contributed by atoms with Crippen molar-refractivity contribution < 1.29 is 13.2 Å². The lowest BCUT2D eigenvalue weighted by Gasteiger charge is -2.08. The highest BCUT2D eigenvalue weighted by Crippen LogP contribution is 2.40. The third-order valence-corrected chi connectivity index (χ3v) is 6.38. The van der Waals surface area contributed by atoms with Gasteiger partial charge in [-0.2, -0.15) is 4.37 Å². The summed E-state index contributed by atoms with van der Waals surface area (Å²) in [6, 6.07) is 0. The summed E-state index contributed by atoms with van der Waals surface area (Å²) in [6.45, 7) is 3.94. The molecule has 0 spiro atoms. The van der Waals surface area contributed by atoms with Gasteiger partial charge in [0.05, 0.1) is 11.9 Å². The Kier molecular flexibility index (Phi) is 5.22. The van der Waals surface area contributed by atoms with Crippen LogP contribution in [0.25, 0.3) is 0 Å². The van der Waals surface area contributed by atoms with Crippen molar-refractivity contribution in [2.24, 2.45) is 0 Å². The molecule has 1 aliphatic rings. The van der Waals surface area contributed by atoms with Crippen LogP contribution >= 0.6 is 11.5 Å². The number of aromatic nitrogens is 1. The first-order valence-corrected chi connectivity index (χ1v) is 9.20. The Morgan fingerprint density at radius 2 is 2.20 bits per heavy atom. The number of unbranched alkanes of at least 4 members (excludes halogenated alkanes) is 1. The number of sulfone groups is 1. The Morgan fingerprint density at radius 3 is 2.85 bits per heavy atom. The number of nitrogen functional groups attached to an aromatic ring is 1. The van der Waals surface area contributed by atoms with Gasteiger partial charge in [-0.05, 0) is 30.8 Å². The summed E-state index contributed by atoms with van der Waals surface area (Å²) in [5, 5.41) is 3.33. The molecule has 0 atom stereocenters. The summed E-state index contributed by atoms with van der Waals surface area (Å²) >= 11 is 1.10. The summed E-state index contributed by atoms with van der Waals surface area (Å²) in [5.41, 5.74) is 5.71. The first kappa shape index (κ1) is 15.5. The Morgan fingerprint density at radius 1 is 1.45 bits per heavy atom. The average molecular weight is 319 g/mol. The summed E-state index contributed by atoms with van der Waals surface area (Å²) in [4.78, 5) is 0.179. The van der Waals surface area contributed by atoms with Crippen molar-refractivity contribution in [3.8, 4) is 0 Å². The molecule has 0 aromatic carbocycles. The number of hydrogen-bond donors (Lipinski definition) is 2. The van der Waals surface area contributed by atoms with Gasteiger partial charge in [-0.15, -0.1) is 0 Å². The van der Waals surface area contributed by atoms with Gasteiger partial charge in [0.15, 0.2) is 15.7 Å². The first-order valence-electron chi connectivity index (χ1n) is 6.88. The van der Waals surface area contributed by atoms with Crippen LogP contribution < -0.4 is 11.1 Å². The van der Waals surface area contributed by atoms with Crippen molar-refractivity contribution in [1.29, 1.82) is 0 Å². The third kappa shape index (κ3) is 3.62. The van der Waals surface area contributed by atoms with Crippen LogP contribution in [0, 0.1) is 0 Å². The molecule has 6 nitrogen and oxygen atoms in total. The topological polar surface area (TPSA) is 94.3 Å². The molecule has 8 heteroatoms. The van der Waals surface area contributed by atoms with Crippen LogP contribution in [0.5, 0.6) is 0 Å². The largest absolute Gasteiger partial charge is 0.382 e. The SMILES string of the molecule is CCCCOCCNc1snc(N)c1S(=O)(=O)C1CC1. The zero-order chi connectivity index (χ0) is 14.6. The van der Waals surface area contributed by atoms with Crippen LogP contribution in [0.4, 0.5) is 10.8 Å². The molecule has 1 aromatic heterocycles. The van der Waals surface area contributed by atoms with Gasteiger partial charge in [0.2, 0.25) is 0 Å². The second kappa shape index (κ2) is 6.73. The van der Waals surface area contributed by atoms with E-state index in [-0.39, 0.29) is 16.0 Å². The number of ether oxygens (including phenoxy) is 1. The second-order valence-electron chi connectivity index (χ2n) is 4.86. The predicted octanol–water partition coefficient (Wildman–Crippen LogP) is 1.89. The first-order chi connectivity index (χ1) is 9.57. The molecule has 1 saturated carbocycles.